The molecule has 0 atom stereocenters. The highest BCUT2D eigenvalue weighted by Gasteiger charge is 2.34. The number of ether oxygens (including phenoxy) is 2. The lowest BCUT2D eigenvalue weighted by Gasteiger charge is -2.34. The fourth-order valence-electron chi connectivity index (χ4n) is 1.73. The molecule has 0 radical (unpaired) electrons. The standard InChI is InChI=1S/C10H14N2O2/c1-12-9-14-10(13-8-7-11)5-3-2-4-6-10/h2-6,8-9H2. The van der Waals surface area contributed by atoms with Crippen molar-refractivity contribution in [2.45, 2.75) is 37.9 Å². The Morgan fingerprint density at radius 2 is 2.00 bits per heavy atom. The van der Waals surface area contributed by atoms with E-state index in [4.69, 9.17) is 21.3 Å². The largest absolute Gasteiger partial charge is 0.335 e. The Kier molecular flexibility index (Phi) is 4.39. The van der Waals surface area contributed by atoms with Crippen molar-refractivity contribution >= 4 is 0 Å². The number of nitriles is 1. The van der Waals surface area contributed by atoms with Gasteiger partial charge in [-0.1, -0.05) is 6.42 Å². The molecule has 1 saturated carbocycles. The first-order valence-electron chi connectivity index (χ1n) is 4.81. The summed E-state index contributed by atoms with van der Waals surface area (Å²) in [7, 11) is 0. The smallest absolute Gasteiger partial charge is 0.320 e. The predicted molar refractivity (Wildman–Crippen MR) is 49.9 cm³/mol. The quantitative estimate of drug-likeness (QED) is 0.508. The molecule has 0 aromatic heterocycles. The van der Waals surface area contributed by atoms with Gasteiger partial charge in [0.25, 0.3) is 0 Å². The molecular weight excluding hydrogens is 180 g/mol. The second kappa shape index (κ2) is 5.59. The normalized spacial score (nSPS) is 19.6. The van der Waals surface area contributed by atoms with Gasteiger partial charge in [-0.3, -0.25) is 9.58 Å². The van der Waals surface area contributed by atoms with Crippen LogP contribution in [-0.4, -0.2) is 19.1 Å². The van der Waals surface area contributed by atoms with Crippen LogP contribution in [0.4, 0.5) is 0 Å². The lowest BCUT2D eigenvalue weighted by atomic mass is 9.94. The molecule has 0 N–H and O–H groups in total. The van der Waals surface area contributed by atoms with Gasteiger partial charge in [-0.15, -0.1) is 0 Å². The van der Waals surface area contributed by atoms with Crippen LogP contribution in [-0.2, 0) is 9.47 Å². The molecule has 0 bridgehead atoms. The molecule has 14 heavy (non-hydrogen) atoms. The van der Waals surface area contributed by atoms with Crippen molar-refractivity contribution in [1.29, 1.82) is 5.26 Å². The van der Waals surface area contributed by atoms with E-state index in [-0.39, 0.29) is 13.3 Å². The van der Waals surface area contributed by atoms with Crippen molar-refractivity contribution in [3.05, 3.63) is 11.4 Å². The highest BCUT2D eigenvalue weighted by atomic mass is 16.7. The molecule has 1 rings (SSSR count). The minimum absolute atomic E-state index is 0.0193. The van der Waals surface area contributed by atoms with Crippen LogP contribution in [0.2, 0.25) is 0 Å². The summed E-state index contributed by atoms with van der Waals surface area (Å²) in [4.78, 5) is 3.15. The first-order valence-corrected chi connectivity index (χ1v) is 4.81. The zero-order valence-corrected chi connectivity index (χ0v) is 8.16. The molecular formula is C10H14N2O2. The van der Waals surface area contributed by atoms with Crippen molar-refractivity contribution in [2.75, 3.05) is 13.3 Å². The number of hydrogen-bond donors (Lipinski definition) is 0. The molecule has 0 amide bonds. The third kappa shape index (κ3) is 2.99. The van der Waals surface area contributed by atoms with Crippen LogP contribution in [0.3, 0.4) is 0 Å². The fraction of sp³-hybridized carbons (Fsp3) is 0.800. The molecule has 0 aromatic carbocycles. The zero-order chi connectivity index (χ0) is 10.3. The maximum Gasteiger partial charge on any atom is 0.320 e. The van der Waals surface area contributed by atoms with E-state index < -0.39 is 5.79 Å². The number of hydrogen-bond acceptors (Lipinski definition) is 3. The molecule has 4 heteroatoms. The lowest BCUT2D eigenvalue weighted by Crippen LogP contribution is -2.38. The molecule has 0 saturated heterocycles. The van der Waals surface area contributed by atoms with Crippen LogP contribution in [0.5, 0.6) is 0 Å². The monoisotopic (exact) mass is 194 g/mol. The van der Waals surface area contributed by atoms with E-state index >= 15 is 0 Å². The molecule has 4 nitrogen and oxygen atoms in total. The average molecular weight is 194 g/mol. The molecule has 1 aliphatic rings. The Morgan fingerprint density at radius 3 is 2.57 bits per heavy atom. The van der Waals surface area contributed by atoms with E-state index in [1.54, 1.807) is 0 Å². The third-order valence-electron chi connectivity index (χ3n) is 2.41. The number of nitrogens with zero attached hydrogens (tertiary/aromatic N) is 2. The van der Waals surface area contributed by atoms with Gasteiger partial charge >= 0.3 is 6.73 Å². The summed E-state index contributed by atoms with van der Waals surface area (Å²) < 4.78 is 10.8. The maximum absolute atomic E-state index is 8.45. The molecule has 76 valence electrons. The summed E-state index contributed by atoms with van der Waals surface area (Å²) in [5.74, 6) is -0.654. The lowest BCUT2D eigenvalue weighted by molar-refractivity contribution is -0.240. The fourth-order valence-corrected chi connectivity index (χ4v) is 1.73. The molecule has 0 spiro atoms. The van der Waals surface area contributed by atoms with Crippen LogP contribution in [0.15, 0.2) is 0 Å². The topological polar surface area (TPSA) is 46.6 Å². The van der Waals surface area contributed by atoms with Crippen LogP contribution in [0.25, 0.3) is 4.85 Å². The van der Waals surface area contributed by atoms with E-state index in [0.717, 1.165) is 25.7 Å². The van der Waals surface area contributed by atoms with Crippen LogP contribution < -0.4 is 0 Å². The van der Waals surface area contributed by atoms with Gasteiger partial charge in [0.2, 0.25) is 0 Å². The summed E-state index contributed by atoms with van der Waals surface area (Å²) >= 11 is 0. The first kappa shape index (κ1) is 11.0. The molecule has 1 aliphatic carbocycles. The van der Waals surface area contributed by atoms with E-state index in [1.165, 1.54) is 6.42 Å². The Hall–Kier alpha value is -1.10. The van der Waals surface area contributed by atoms with Gasteiger partial charge in [0.05, 0.1) is 6.07 Å². The molecule has 0 aromatic rings. The van der Waals surface area contributed by atoms with E-state index in [9.17, 15) is 0 Å². The van der Waals surface area contributed by atoms with Gasteiger partial charge in [-0.2, -0.15) is 5.26 Å². The van der Waals surface area contributed by atoms with E-state index in [0.29, 0.717) is 0 Å². The summed E-state index contributed by atoms with van der Waals surface area (Å²) in [6, 6.07) is 1.94. The van der Waals surface area contributed by atoms with Crippen molar-refractivity contribution in [3.63, 3.8) is 0 Å². The van der Waals surface area contributed by atoms with Crippen LogP contribution in [0.1, 0.15) is 32.1 Å². The first-order chi connectivity index (χ1) is 6.83. The highest BCUT2D eigenvalue weighted by Crippen LogP contribution is 2.32. The van der Waals surface area contributed by atoms with Gasteiger partial charge in [0.15, 0.2) is 5.79 Å². The summed E-state index contributed by atoms with van der Waals surface area (Å²) in [6.07, 6.45) is 4.86. The van der Waals surface area contributed by atoms with Crippen molar-refractivity contribution in [2.24, 2.45) is 0 Å². The molecule has 0 aliphatic heterocycles. The predicted octanol–water partition coefficient (Wildman–Crippen LogP) is 2.08. The summed E-state index contributed by atoms with van der Waals surface area (Å²) in [6.45, 7) is 6.72. The van der Waals surface area contributed by atoms with Gasteiger partial charge in [0.1, 0.15) is 6.61 Å². The Labute approximate surface area is 84.2 Å². The molecule has 0 unspecified atom stereocenters. The second-order valence-electron chi connectivity index (χ2n) is 3.35. The van der Waals surface area contributed by atoms with E-state index in [1.807, 2.05) is 6.07 Å². The SMILES string of the molecule is [C-]#[N+]COC1(OCC#N)CCCCC1. The van der Waals surface area contributed by atoms with Gasteiger partial charge in [-0.25, -0.2) is 6.57 Å². The zero-order valence-electron chi connectivity index (χ0n) is 8.16. The van der Waals surface area contributed by atoms with Gasteiger partial charge in [-0.05, 0) is 12.8 Å². The van der Waals surface area contributed by atoms with E-state index in [2.05, 4.69) is 4.85 Å². The van der Waals surface area contributed by atoms with Crippen molar-refractivity contribution in [1.82, 2.24) is 0 Å². The van der Waals surface area contributed by atoms with Crippen LogP contribution in [0, 0.1) is 17.9 Å². The molecule has 0 heterocycles. The highest BCUT2D eigenvalue weighted by molar-refractivity contribution is 4.79. The van der Waals surface area contributed by atoms with Crippen molar-refractivity contribution < 1.29 is 9.47 Å². The Balaban J connectivity index is 2.49. The van der Waals surface area contributed by atoms with Crippen molar-refractivity contribution in [3.8, 4) is 6.07 Å². The van der Waals surface area contributed by atoms with Gasteiger partial charge in [0, 0.05) is 12.8 Å². The summed E-state index contributed by atoms with van der Waals surface area (Å²) in [5, 5.41) is 8.45. The maximum atomic E-state index is 8.45. The van der Waals surface area contributed by atoms with Gasteiger partial charge < -0.3 is 4.74 Å². The Bertz CT molecular complexity index is 226. The minimum atomic E-state index is -0.654. The summed E-state index contributed by atoms with van der Waals surface area (Å²) in [5.41, 5.74) is 0. The van der Waals surface area contributed by atoms with Crippen LogP contribution >= 0.6 is 0 Å². The average Bonchev–Trinajstić information content (AvgIpc) is 2.25. The second-order valence-corrected chi connectivity index (χ2v) is 3.35. The number of rotatable bonds is 4. The minimum Gasteiger partial charge on any atom is -0.335 e. The Morgan fingerprint density at radius 1 is 1.29 bits per heavy atom. The third-order valence-corrected chi connectivity index (χ3v) is 2.41. The molecule has 1 fully saturated rings.